The monoisotopic (exact) mass is 204 g/mol. The van der Waals surface area contributed by atoms with Gasteiger partial charge in [-0.25, -0.2) is 8.42 Å². The molecule has 0 radical (unpaired) electrons. The molecule has 6 heteroatoms. The lowest BCUT2D eigenvalue weighted by Gasteiger charge is -2.16. The zero-order valence-electron chi connectivity index (χ0n) is 7.79. The van der Waals surface area contributed by atoms with E-state index < -0.39 is 27.0 Å². The van der Waals surface area contributed by atoms with Crippen molar-refractivity contribution in [2.24, 2.45) is 0 Å². The maximum Gasteiger partial charge on any atom is 0.236 e. The lowest BCUT2D eigenvalue weighted by atomic mass is 10.1. The van der Waals surface area contributed by atoms with Gasteiger partial charge in [0.25, 0.3) is 0 Å². The molecule has 0 atom stereocenters. The molecule has 0 saturated heterocycles. The van der Waals surface area contributed by atoms with Crippen LogP contribution in [0.1, 0.15) is 13.8 Å². The summed E-state index contributed by atoms with van der Waals surface area (Å²) in [5, 5.41) is 10.8. The fourth-order valence-electron chi connectivity index (χ4n) is 0.651. The molecule has 0 aliphatic rings. The first-order valence-corrected chi connectivity index (χ1v) is 5.62. The van der Waals surface area contributed by atoms with Gasteiger partial charge in [-0.15, -0.1) is 0 Å². The van der Waals surface area contributed by atoms with Crippen molar-refractivity contribution in [1.29, 1.82) is 5.26 Å². The van der Waals surface area contributed by atoms with Crippen molar-refractivity contribution < 1.29 is 13.2 Å². The van der Waals surface area contributed by atoms with Gasteiger partial charge in [0.05, 0.1) is 6.07 Å². The van der Waals surface area contributed by atoms with Crippen LogP contribution in [0.3, 0.4) is 0 Å². The van der Waals surface area contributed by atoms with E-state index in [4.69, 9.17) is 5.26 Å². The number of amides is 1. The van der Waals surface area contributed by atoms with Crippen LogP contribution in [0.25, 0.3) is 0 Å². The number of nitrogens with one attached hydrogen (secondary N) is 1. The van der Waals surface area contributed by atoms with Crippen LogP contribution in [-0.4, -0.2) is 31.9 Å². The fraction of sp³-hybridized carbons (Fsp3) is 0.714. The third kappa shape index (κ3) is 6.11. The standard InChI is InChI=1S/C7H12N2O3S/c1-7(2,5-8)9-6(10)4-13(3,11)12/h4H2,1-3H3,(H,9,10). The lowest BCUT2D eigenvalue weighted by Crippen LogP contribution is -2.44. The molecule has 0 aromatic rings. The van der Waals surface area contributed by atoms with Crippen LogP contribution in [0.2, 0.25) is 0 Å². The molecule has 0 fully saturated rings. The van der Waals surface area contributed by atoms with Crippen molar-refractivity contribution in [2.45, 2.75) is 19.4 Å². The third-order valence-electron chi connectivity index (χ3n) is 1.12. The van der Waals surface area contributed by atoms with Crippen molar-refractivity contribution in [2.75, 3.05) is 12.0 Å². The van der Waals surface area contributed by atoms with Crippen LogP contribution in [0, 0.1) is 11.3 Å². The number of rotatable bonds is 3. The summed E-state index contributed by atoms with van der Waals surface area (Å²) in [6, 6.07) is 1.83. The van der Waals surface area contributed by atoms with Crippen LogP contribution in [0.4, 0.5) is 0 Å². The zero-order chi connectivity index (χ0) is 10.7. The minimum absolute atomic E-state index is 0.585. The van der Waals surface area contributed by atoms with E-state index in [-0.39, 0.29) is 0 Å². The Morgan fingerprint density at radius 3 is 2.31 bits per heavy atom. The van der Waals surface area contributed by atoms with Gasteiger partial charge in [0, 0.05) is 6.26 Å². The predicted octanol–water partition coefficient (Wildman–Crippen LogP) is -0.551. The summed E-state index contributed by atoms with van der Waals surface area (Å²) in [6.45, 7) is 2.99. The van der Waals surface area contributed by atoms with E-state index in [1.165, 1.54) is 13.8 Å². The highest BCUT2D eigenvalue weighted by molar-refractivity contribution is 7.91. The Bertz CT molecular complexity index is 337. The van der Waals surface area contributed by atoms with Gasteiger partial charge in [-0.05, 0) is 13.8 Å². The first kappa shape index (κ1) is 11.9. The average molecular weight is 204 g/mol. The Balaban J connectivity index is 4.29. The van der Waals surface area contributed by atoms with E-state index in [1.807, 2.05) is 6.07 Å². The molecule has 0 rings (SSSR count). The van der Waals surface area contributed by atoms with E-state index in [1.54, 1.807) is 0 Å². The van der Waals surface area contributed by atoms with Gasteiger partial charge in [0.1, 0.15) is 11.3 Å². The molecule has 13 heavy (non-hydrogen) atoms. The topological polar surface area (TPSA) is 87.0 Å². The molecule has 0 aliphatic heterocycles. The minimum atomic E-state index is -3.33. The molecule has 0 unspecified atom stereocenters. The number of sulfone groups is 1. The van der Waals surface area contributed by atoms with Gasteiger partial charge in [0.15, 0.2) is 9.84 Å². The summed E-state index contributed by atoms with van der Waals surface area (Å²) in [4.78, 5) is 11.0. The Kier molecular flexibility index (Phi) is 3.43. The summed E-state index contributed by atoms with van der Waals surface area (Å²) in [5.74, 6) is -1.24. The van der Waals surface area contributed by atoms with E-state index in [9.17, 15) is 13.2 Å². The number of hydrogen-bond donors (Lipinski definition) is 1. The molecular formula is C7H12N2O3S. The molecule has 0 spiro atoms. The van der Waals surface area contributed by atoms with Gasteiger partial charge >= 0.3 is 0 Å². The maximum absolute atomic E-state index is 11.0. The maximum atomic E-state index is 11.0. The second-order valence-electron chi connectivity index (χ2n) is 3.36. The number of nitriles is 1. The molecule has 1 N–H and O–H groups in total. The highest BCUT2D eigenvalue weighted by Gasteiger charge is 2.21. The van der Waals surface area contributed by atoms with Gasteiger partial charge in [0.2, 0.25) is 5.91 Å². The Labute approximate surface area is 77.7 Å². The average Bonchev–Trinajstić information content (AvgIpc) is 1.81. The summed E-state index contributed by atoms with van der Waals surface area (Å²) in [5.41, 5.74) is -1.03. The van der Waals surface area contributed by atoms with E-state index in [0.29, 0.717) is 0 Å². The molecule has 0 aliphatic carbocycles. The van der Waals surface area contributed by atoms with Crippen LogP contribution in [0.5, 0.6) is 0 Å². The van der Waals surface area contributed by atoms with Gasteiger partial charge < -0.3 is 5.32 Å². The first-order chi connectivity index (χ1) is 5.66. The molecule has 0 heterocycles. The minimum Gasteiger partial charge on any atom is -0.337 e. The van der Waals surface area contributed by atoms with Crippen LogP contribution in [0.15, 0.2) is 0 Å². The fourth-order valence-corrected chi connectivity index (χ4v) is 1.20. The quantitative estimate of drug-likeness (QED) is 0.668. The third-order valence-corrected chi connectivity index (χ3v) is 1.91. The van der Waals surface area contributed by atoms with Crippen LogP contribution >= 0.6 is 0 Å². The molecule has 0 saturated carbocycles. The van der Waals surface area contributed by atoms with E-state index >= 15 is 0 Å². The largest absolute Gasteiger partial charge is 0.337 e. The molecular weight excluding hydrogens is 192 g/mol. The smallest absolute Gasteiger partial charge is 0.236 e. The van der Waals surface area contributed by atoms with E-state index in [2.05, 4.69) is 5.32 Å². The van der Waals surface area contributed by atoms with Gasteiger partial charge in [-0.3, -0.25) is 4.79 Å². The molecule has 0 bridgehead atoms. The predicted molar refractivity (Wildman–Crippen MR) is 47.5 cm³/mol. The number of carbonyl (C=O) groups is 1. The Morgan fingerprint density at radius 1 is 1.54 bits per heavy atom. The molecule has 74 valence electrons. The van der Waals surface area contributed by atoms with Crippen molar-refractivity contribution >= 4 is 15.7 Å². The number of carbonyl (C=O) groups excluding carboxylic acids is 1. The summed E-state index contributed by atoms with van der Waals surface area (Å²) in [6.07, 6.45) is 0.964. The lowest BCUT2D eigenvalue weighted by molar-refractivity contribution is -0.119. The summed E-state index contributed by atoms with van der Waals surface area (Å²) >= 11 is 0. The van der Waals surface area contributed by atoms with Crippen molar-refractivity contribution in [3.8, 4) is 6.07 Å². The van der Waals surface area contributed by atoms with Crippen LogP contribution in [-0.2, 0) is 14.6 Å². The second-order valence-corrected chi connectivity index (χ2v) is 5.50. The SMILES string of the molecule is CC(C)(C#N)NC(=O)CS(C)(=O)=O. The van der Waals surface area contributed by atoms with Crippen LogP contribution < -0.4 is 5.32 Å². The number of hydrogen-bond acceptors (Lipinski definition) is 4. The Hall–Kier alpha value is -1.09. The second kappa shape index (κ2) is 3.75. The molecule has 1 amide bonds. The first-order valence-electron chi connectivity index (χ1n) is 3.56. The zero-order valence-corrected chi connectivity index (χ0v) is 8.60. The molecule has 0 aromatic heterocycles. The highest BCUT2D eigenvalue weighted by Crippen LogP contribution is 1.98. The van der Waals surface area contributed by atoms with Crippen molar-refractivity contribution in [3.05, 3.63) is 0 Å². The van der Waals surface area contributed by atoms with Crippen molar-refractivity contribution in [3.63, 3.8) is 0 Å². The normalized spacial score (nSPS) is 11.8. The molecule has 0 aromatic carbocycles. The summed E-state index contributed by atoms with van der Waals surface area (Å²) < 4.78 is 21.3. The molecule has 5 nitrogen and oxygen atoms in total. The van der Waals surface area contributed by atoms with E-state index in [0.717, 1.165) is 6.26 Å². The highest BCUT2D eigenvalue weighted by atomic mass is 32.2. The van der Waals surface area contributed by atoms with Gasteiger partial charge in [-0.1, -0.05) is 0 Å². The van der Waals surface area contributed by atoms with Gasteiger partial charge in [-0.2, -0.15) is 5.26 Å². The summed E-state index contributed by atoms with van der Waals surface area (Å²) in [7, 11) is -3.33. The Morgan fingerprint density at radius 2 is 2.00 bits per heavy atom. The van der Waals surface area contributed by atoms with Crippen molar-refractivity contribution in [1.82, 2.24) is 5.32 Å². The number of nitrogens with zero attached hydrogens (tertiary/aromatic N) is 1.